The Hall–Kier alpha value is -1.67. The third kappa shape index (κ3) is 3.01. The van der Waals surface area contributed by atoms with Crippen molar-refractivity contribution in [3.63, 3.8) is 0 Å². The van der Waals surface area contributed by atoms with Crippen molar-refractivity contribution in [1.29, 1.82) is 0 Å². The highest BCUT2D eigenvalue weighted by Gasteiger charge is 2.23. The molecule has 21 heavy (non-hydrogen) atoms. The lowest BCUT2D eigenvalue weighted by atomic mass is 9.77. The zero-order valence-electron chi connectivity index (χ0n) is 12.5. The van der Waals surface area contributed by atoms with E-state index < -0.39 is 0 Å². The van der Waals surface area contributed by atoms with Crippen LogP contribution in [-0.4, -0.2) is 6.54 Å². The average Bonchev–Trinajstić information content (AvgIpc) is 2.44. The molecule has 1 aliphatic carbocycles. The maximum absolute atomic E-state index is 14.5. The number of halogens is 1. The van der Waals surface area contributed by atoms with Gasteiger partial charge in [0, 0.05) is 12.1 Å². The standard InChI is InChI=1S/C19H22FN/c1-2-21-13-14-10-11-18(19(20)12-14)17-9-4-3-8-16(17)15-6-5-7-15/h3-4,8-12,15,21H,2,5-7,13H2,1H3. The molecule has 2 heteroatoms. The van der Waals surface area contributed by atoms with Crippen molar-refractivity contribution in [3.8, 4) is 11.1 Å². The van der Waals surface area contributed by atoms with Gasteiger partial charge in [-0.25, -0.2) is 4.39 Å². The Morgan fingerprint density at radius 3 is 2.57 bits per heavy atom. The highest BCUT2D eigenvalue weighted by Crippen LogP contribution is 2.41. The Morgan fingerprint density at radius 1 is 1.10 bits per heavy atom. The maximum atomic E-state index is 14.5. The van der Waals surface area contributed by atoms with E-state index >= 15 is 0 Å². The molecule has 2 aromatic rings. The summed E-state index contributed by atoms with van der Waals surface area (Å²) >= 11 is 0. The van der Waals surface area contributed by atoms with Crippen LogP contribution in [0.3, 0.4) is 0 Å². The summed E-state index contributed by atoms with van der Waals surface area (Å²) in [5.74, 6) is 0.499. The second-order valence-electron chi connectivity index (χ2n) is 5.81. The monoisotopic (exact) mass is 283 g/mol. The quantitative estimate of drug-likeness (QED) is 0.825. The maximum Gasteiger partial charge on any atom is 0.131 e. The summed E-state index contributed by atoms with van der Waals surface area (Å²) in [7, 11) is 0. The molecule has 0 bridgehead atoms. The SMILES string of the molecule is CCNCc1ccc(-c2ccccc2C2CCC2)c(F)c1. The summed E-state index contributed by atoms with van der Waals surface area (Å²) in [5, 5.41) is 3.23. The van der Waals surface area contributed by atoms with Gasteiger partial charge >= 0.3 is 0 Å². The molecule has 3 rings (SSSR count). The third-order valence-electron chi connectivity index (χ3n) is 4.41. The first-order chi connectivity index (χ1) is 10.3. The number of benzene rings is 2. The minimum absolute atomic E-state index is 0.114. The molecule has 0 saturated heterocycles. The van der Waals surface area contributed by atoms with Gasteiger partial charge in [-0.3, -0.25) is 0 Å². The van der Waals surface area contributed by atoms with Crippen LogP contribution in [0, 0.1) is 5.82 Å². The van der Waals surface area contributed by atoms with Crippen LogP contribution in [0.1, 0.15) is 43.2 Å². The summed E-state index contributed by atoms with van der Waals surface area (Å²) < 4.78 is 14.5. The van der Waals surface area contributed by atoms with Crippen molar-refractivity contribution < 1.29 is 4.39 Å². The van der Waals surface area contributed by atoms with Crippen LogP contribution in [0.2, 0.25) is 0 Å². The highest BCUT2D eigenvalue weighted by molar-refractivity contribution is 5.69. The summed E-state index contributed by atoms with van der Waals surface area (Å²) in [6.45, 7) is 3.67. The highest BCUT2D eigenvalue weighted by atomic mass is 19.1. The lowest BCUT2D eigenvalue weighted by Crippen LogP contribution is -2.12. The lowest BCUT2D eigenvalue weighted by molar-refractivity contribution is 0.420. The molecular weight excluding hydrogens is 261 g/mol. The fourth-order valence-corrected chi connectivity index (χ4v) is 2.97. The second-order valence-corrected chi connectivity index (χ2v) is 5.81. The number of hydrogen-bond donors (Lipinski definition) is 1. The minimum Gasteiger partial charge on any atom is -0.313 e. The molecule has 1 nitrogen and oxygen atoms in total. The largest absolute Gasteiger partial charge is 0.313 e. The zero-order chi connectivity index (χ0) is 14.7. The van der Waals surface area contributed by atoms with E-state index in [1.54, 1.807) is 6.07 Å². The summed E-state index contributed by atoms with van der Waals surface area (Å²) in [6.07, 6.45) is 3.76. The second kappa shape index (κ2) is 6.40. The van der Waals surface area contributed by atoms with Crippen molar-refractivity contribution in [3.05, 3.63) is 59.4 Å². The number of hydrogen-bond acceptors (Lipinski definition) is 1. The molecule has 2 aromatic carbocycles. The zero-order valence-corrected chi connectivity index (χ0v) is 12.5. The molecule has 1 N–H and O–H groups in total. The van der Waals surface area contributed by atoms with Crippen LogP contribution >= 0.6 is 0 Å². The predicted octanol–water partition coefficient (Wildman–Crippen LogP) is 4.87. The van der Waals surface area contributed by atoms with Crippen LogP contribution in [0.4, 0.5) is 4.39 Å². The van der Waals surface area contributed by atoms with Gasteiger partial charge in [0.1, 0.15) is 5.82 Å². The third-order valence-corrected chi connectivity index (χ3v) is 4.41. The van der Waals surface area contributed by atoms with Gasteiger partial charge in [0.05, 0.1) is 0 Å². The van der Waals surface area contributed by atoms with Gasteiger partial charge in [0.15, 0.2) is 0 Å². The first-order valence-electron chi connectivity index (χ1n) is 7.88. The lowest BCUT2D eigenvalue weighted by Gasteiger charge is -2.28. The van der Waals surface area contributed by atoms with E-state index in [9.17, 15) is 4.39 Å². The minimum atomic E-state index is -0.114. The van der Waals surface area contributed by atoms with Crippen molar-refractivity contribution >= 4 is 0 Å². The van der Waals surface area contributed by atoms with Crippen molar-refractivity contribution in [2.75, 3.05) is 6.54 Å². The molecule has 0 atom stereocenters. The Morgan fingerprint density at radius 2 is 1.90 bits per heavy atom. The Balaban J connectivity index is 1.93. The summed E-state index contributed by atoms with van der Waals surface area (Å²) in [4.78, 5) is 0. The molecule has 1 fully saturated rings. The molecule has 0 aliphatic heterocycles. The van der Waals surface area contributed by atoms with E-state index in [0.717, 1.165) is 29.8 Å². The fourth-order valence-electron chi connectivity index (χ4n) is 2.97. The molecule has 0 aromatic heterocycles. The normalized spacial score (nSPS) is 15.0. The molecule has 0 amide bonds. The van der Waals surface area contributed by atoms with E-state index in [0.29, 0.717) is 5.92 Å². The van der Waals surface area contributed by atoms with Crippen molar-refractivity contribution in [2.45, 2.75) is 38.6 Å². The van der Waals surface area contributed by atoms with Gasteiger partial charge in [-0.2, -0.15) is 0 Å². The van der Waals surface area contributed by atoms with E-state index in [1.165, 1.54) is 24.8 Å². The topological polar surface area (TPSA) is 12.0 Å². The molecule has 110 valence electrons. The van der Waals surface area contributed by atoms with Crippen LogP contribution in [0.15, 0.2) is 42.5 Å². The van der Waals surface area contributed by atoms with Crippen LogP contribution < -0.4 is 5.32 Å². The van der Waals surface area contributed by atoms with Gasteiger partial charge < -0.3 is 5.32 Å². The van der Waals surface area contributed by atoms with Gasteiger partial charge in [0.25, 0.3) is 0 Å². The van der Waals surface area contributed by atoms with E-state index in [1.807, 2.05) is 18.2 Å². The molecule has 1 aliphatic rings. The molecule has 0 unspecified atom stereocenters. The van der Waals surface area contributed by atoms with Crippen LogP contribution in [0.25, 0.3) is 11.1 Å². The van der Waals surface area contributed by atoms with Gasteiger partial charge in [-0.05, 0) is 48.1 Å². The van der Waals surface area contributed by atoms with Crippen LogP contribution in [-0.2, 0) is 6.54 Å². The summed E-state index contributed by atoms with van der Waals surface area (Å²) in [5.41, 5.74) is 4.11. The Bertz CT molecular complexity index is 617. The smallest absolute Gasteiger partial charge is 0.131 e. The predicted molar refractivity (Wildman–Crippen MR) is 85.8 cm³/mol. The van der Waals surface area contributed by atoms with Crippen molar-refractivity contribution in [1.82, 2.24) is 5.32 Å². The average molecular weight is 283 g/mol. The van der Waals surface area contributed by atoms with Crippen molar-refractivity contribution in [2.24, 2.45) is 0 Å². The molecular formula is C19H22FN. The Labute approximate surface area is 126 Å². The molecule has 1 saturated carbocycles. The van der Waals surface area contributed by atoms with E-state index in [2.05, 4.69) is 30.4 Å². The van der Waals surface area contributed by atoms with Gasteiger partial charge in [-0.15, -0.1) is 0 Å². The molecule has 0 heterocycles. The van der Waals surface area contributed by atoms with E-state index in [4.69, 9.17) is 0 Å². The Kier molecular flexibility index (Phi) is 4.35. The van der Waals surface area contributed by atoms with Gasteiger partial charge in [-0.1, -0.05) is 49.7 Å². The molecule has 0 spiro atoms. The summed E-state index contributed by atoms with van der Waals surface area (Å²) in [6, 6.07) is 13.9. The first-order valence-corrected chi connectivity index (χ1v) is 7.88. The fraction of sp³-hybridized carbons (Fsp3) is 0.368. The number of nitrogens with one attached hydrogen (secondary N) is 1. The molecule has 0 radical (unpaired) electrons. The first kappa shape index (κ1) is 14.3. The van der Waals surface area contributed by atoms with Crippen LogP contribution in [0.5, 0.6) is 0 Å². The van der Waals surface area contributed by atoms with Gasteiger partial charge in [0.2, 0.25) is 0 Å². The number of rotatable bonds is 5. The van der Waals surface area contributed by atoms with E-state index in [-0.39, 0.29) is 5.82 Å².